The van der Waals surface area contributed by atoms with Gasteiger partial charge in [0.2, 0.25) is 10.0 Å². The lowest BCUT2D eigenvalue weighted by Crippen LogP contribution is -2.54. The predicted molar refractivity (Wildman–Crippen MR) is 71.0 cm³/mol. The molecule has 0 radical (unpaired) electrons. The molecule has 2 aliphatic rings. The Bertz CT molecular complexity index is 373. The molecule has 0 amide bonds. The molecule has 1 saturated carbocycles. The van der Waals surface area contributed by atoms with Gasteiger partial charge in [-0.2, -0.15) is 0 Å². The molecule has 1 saturated heterocycles. The molecule has 2 atom stereocenters. The van der Waals surface area contributed by atoms with Gasteiger partial charge in [0, 0.05) is 19.2 Å². The number of nitrogens with one attached hydrogen (secondary N) is 2. The Morgan fingerprint density at radius 1 is 1.44 bits per heavy atom. The predicted octanol–water partition coefficient (Wildman–Crippen LogP) is 0.615. The van der Waals surface area contributed by atoms with Crippen LogP contribution in [0.3, 0.4) is 0 Å². The van der Waals surface area contributed by atoms with E-state index in [1.54, 1.807) is 6.92 Å². The summed E-state index contributed by atoms with van der Waals surface area (Å²) in [4.78, 5) is 0. The minimum Gasteiger partial charge on any atom is -0.380 e. The normalized spacial score (nSPS) is 31.2. The van der Waals surface area contributed by atoms with Crippen LogP contribution in [0.2, 0.25) is 0 Å². The lowest BCUT2D eigenvalue weighted by molar-refractivity contribution is 0.0385. The van der Waals surface area contributed by atoms with Gasteiger partial charge in [0.25, 0.3) is 0 Å². The molecular formula is C12H24N2O3S. The number of sulfonamides is 1. The van der Waals surface area contributed by atoms with Crippen molar-refractivity contribution in [3.8, 4) is 0 Å². The van der Waals surface area contributed by atoms with Crippen LogP contribution in [0.5, 0.6) is 0 Å². The first kappa shape index (κ1) is 14.2. The van der Waals surface area contributed by atoms with Gasteiger partial charge in [-0.3, -0.25) is 0 Å². The van der Waals surface area contributed by atoms with Crippen molar-refractivity contribution in [3.63, 3.8) is 0 Å². The molecule has 0 spiro atoms. The van der Waals surface area contributed by atoms with E-state index in [4.69, 9.17) is 4.74 Å². The molecule has 18 heavy (non-hydrogen) atoms. The van der Waals surface area contributed by atoms with E-state index in [9.17, 15) is 8.42 Å². The second-order valence-electron chi connectivity index (χ2n) is 5.86. The first-order chi connectivity index (χ1) is 8.41. The minimum absolute atomic E-state index is 0.406. The fourth-order valence-corrected chi connectivity index (χ4v) is 3.55. The second-order valence-corrected chi connectivity index (χ2v) is 7.96. The van der Waals surface area contributed by atoms with Gasteiger partial charge in [0.05, 0.1) is 17.4 Å². The molecule has 2 rings (SSSR count). The van der Waals surface area contributed by atoms with Crippen LogP contribution in [0.4, 0.5) is 0 Å². The summed E-state index contributed by atoms with van der Waals surface area (Å²) in [5.41, 5.74) is -0.440. The van der Waals surface area contributed by atoms with Crippen molar-refractivity contribution in [1.82, 2.24) is 10.0 Å². The zero-order valence-electron chi connectivity index (χ0n) is 11.2. The molecular weight excluding hydrogens is 252 g/mol. The van der Waals surface area contributed by atoms with Crippen molar-refractivity contribution < 1.29 is 13.2 Å². The van der Waals surface area contributed by atoms with E-state index in [1.165, 1.54) is 12.8 Å². The number of ether oxygens (including phenoxy) is 1. The average molecular weight is 276 g/mol. The standard InChI is InChI=1S/C12H24N2O3S/c1-10(8-13-11-4-5-11)18(15,16)14-12(2)6-3-7-17-9-12/h10-11,13-14H,3-9H2,1-2H3. The summed E-state index contributed by atoms with van der Waals surface area (Å²) in [6, 6.07) is 0.538. The third-order valence-electron chi connectivity index (χ3n) is 3.63. The topological polar surface area (TPSA) is 67.4 Å². The third-order valence-corrected chi connectivity index (χ3v) is 5.63. The highest BCUT2D eigenvalue weighted by molar-refractivity contribution is 7.90. The molecule has 0 aromatic rings. The number of hydrogen-bond donors (Lipinski definition) is 2. The third kappa shape index (κ3) is 3.91. The molecule has 0 aromatic carbocycles. The van der Waals surface area contributed by atoms with Gasteiger partial charge in [-0.15, -0.1) is 0 Å². The van der Waals surface area contributed by atoms with Crippen LogP contribution >= 0.6 is 0 Å². The van der Waals surface area contributed by atoms with E-state index >= 15 is 0 Å². The summed E-state index contributed by atoms with van der Waals surface area (Å²) < 4.78 is 32.7. The van der Waals surface area contributed by atoms with Crippen molar-refractivity contribution >= 4 is 10.0 Å². The Morgan fingerprint density at radius 2 is 2.17 bits per heavy atom. The monoisotopic (exact) mass is 276 g/mol. The van der Waals surface area contributed by atoms with E-state index in [0.29, 0.717) is 19.2 Å². The fourth-order valence-electron chi connectivity index (χ4n) is 2.19. The van der Waals surface area contributed by atoms with Crippen molar-refractivity contribution in [3.05, 3.63) is 0 Å². The molecule has 1 heterocycles. The lowest BCUT2D eigenvalue weighted by atomic mass is 9.97. The maximum Gasteiger partial charge on any atom is 0.216 e. The molecule has 5 nitrogen and oxygen atoms in total. The highest BCUT2D eigenvalue weighted by Crippen LogP contribution is 2.21. The minimum atomic E-state index is -3.28. The van der Waals surface area contributed by atoms with Crippen molar-refractivity contribution in [2.75, 3.05) is 19.8 Å². The van der Waals surface area contributed by atoms with Crippen LogP contribution in [0.1, 0.15) is 39.5 Å². The average Bonchev–Trinajstić information content (AvgIpc) is 3.09. The molecule has 0 bridgehead atoms. The van der Waals surface area contributed by atoms with Crippen LogP contribution in [0.25, 0.3) is 0 Å². The van der Waals surface area contributed by atoms with Crippen molar-refractivity contribution in [2.24, 2.45) is 0 Å². The first-order valence-electron chi connectivity index (χ1n) is 6.75. The largest absolute Gasteiger partial charge is 0.380 e. The second kappa shape index (κ2) is 5.45. The van der Waals surface area contributed by atoms with E-state index in [1.807, 2.05) is 6.92 Å². The zero-order valence-corrected chi connectivity index (χ0v) is 12.1. The van der Waals surface area contributed by atoms with Crippen LogP contribution in [-0.2, 0) is 14.8 Å². The maximum atomic E-state index is 12.2. The highest BCUT2D eigenvalue weighted by Gasteiger charge is 2.35. The molecule has 2 N–H and O–H groups in total. The van der Waals surface area contributed by atoms with Crippen LogP contribution in [-0.4, -0.2) is 45.0 Å². The molecule has 2 unspecified atom stereocenters. The van der Waals surface area contributed by atoms with Gasteiger partial charge in [0.15, 0.2) is 0 Å². The Kier molecular flexibility index (Phi) is 4.31. The lowest BCUT2D eigenvalue weighted by Gasteiger charge is -2.34. The van der Waals surface area contributed by atoms with E-state index in [2.05, 4.69) is 10.0 Å². The zero-order chi connectivity index (χ0) is 13.2. The van der Waals surface area contributed by atoms with Gasteiger partial charge < -0.3 is 10.1 Å². The summed E-state index contributed by atoms with van der Waals surface area (Å²) in [6.45, 7) is 5.40. The van der Waals surface area contributed by atoms with Crippen LogP contribution < -0.4 is 10.0 Å². The summed E-state index contributed by atoms with van der Waals surface area (Å²) in [5, 5.41) is 2.86. The first-order valence-corrected chi connectivity index (χ1v) is 8.30. The van der Waals surface area contributed by atoms with Crippen LogP contribution in [0, 0.1) is 0 Å². The van der Waals surface area contributed by atoms with Gasteiger partial charge in [-0.25, -0.2) is 13.1 Å². The van der Waals surface area contributed by atoms with Gasteiger partial charge in [-0.1, -0.05) is 0 Å². The van der Waals surface area contributed by atoms with Crippen molar-refractivity contribution in [2.45, 2.75) is 56.4 Å². The van der Waals surface area contributed by atoms with E-state index in [0.717, 1.165) is 19.4 Å². The Labute approximate surface area is 110 Å². The fraction of sp³-hybridized carbons (Fsp3) is 1.00. The van der Waals surface area contributed by atoms with Gasteiger partial charge >= 0.3 is 0 Å². The molecule has 106 valence electrons. The SMILES string of the molecule is CC(CNC1CC1)S(=O)(=O)NC1(C)CCCOC1. The molecule has 2 fully saturated rings. The maximum absolute atomic E-state index is 12.2. The van der Waals surface area contributed by atoms with E-state index < -0.39 is 20.8 Å². The number of rotatable bonds is 6. The highest BCUT2D eigenvalue weighted by atomic mass is 32.2. The smallest absolute Gasteiger partial charge is 0.216 e. The van der Waals surface area contributed by atoms with Crippen LogP contribution in [0.15, 0.2) is 0 Å². The molecule has 6 heteroatoms. The summed E-state index contributed by atoms with van der Waals surface area (Å²) in [7, 11) is -3.28. The van der Waals surface area contributed by atoms with Gasteiger partial charge in [-0.05, 0) is 39.5 Å². The Morgan fingerprint density at radius 3 is 2.72 bits per heavy atom. The summed E-state index contributed by atoms with van der Waals surface area (Å²) in [6.07, 6.45) is 4.10. The van der Waals surface area contributed by atoms with Crippen molar-refractivity contribution in [1.29, 1.82) is 0 Å². The Balaban J connectivity index is 1.87. The number of hydrogen-bond acceptors (Lipinski definition) is 4. The molecule has 1 aliphatic heterocycles. The molecule has 1 aliphatic carbocycles. The van der Waals surface area contributed by atoms with E-state index in [-0.39, 0.29) is 0 Å². The Hall–Kier alpha value is -0.170. The summed E-state index contributed by atoms with van der Waals surface area (Å²) >= 11 is 0. The van der Waals surface area contributed by atoms with Gasteiger partial charge in [0.1, 0.15) is 0 Å². The quantitative estimate of drug-likeness (QED) is 0.746. The molecule has 0 aromatic heterocycles. The summed E-state index contributed by atoms with van der Waals surface area (Å²) in [5.74, 6) is 0.